The third-order valence-electron chi connectivity index (χ3n) is 4.02. The zero-order valence-corrected chi connectivity index (χ0v) is 13.1. The Bertz CT molecular complexity index is 260. The van der Waals surface area contributed by atoms with Crippen LogP contribution in [-0.4, -0.2) is 62.0 Å². The highest BCUT2D eigenvalue weighted by Crippen LogP contribution is 2.28. The Hall–Kier alpha value is -0.610. The molecule has 0 unspecified atom stereocenters. The number of carbonyl (C=O) groups excluding carboxylic acids is 1. The molecule has 4 nitrogen and oxygen atoms in total. The molecule has 2 rings (SSSR count). The van der Waals surface area contributed by atoms with Gasteiger partial charge in [0.15, 0.2) is 0 Å². The van der Waals surface area contributed by atoms with E-state index in [4.69, 9.17) is 0 Å². The van der Waals surface area contributed by atoms with E-state index >= 15 is 0 Å². The molecule has 1 saturated heterocycles. The van der Waals surface area contributed by atoms with E-state index < -0.39 is 0 Å². The molecule has 1 aliphatic heterocycles. The topological polar surface area (TPSA) is 35.6 Å². The van der Waals surface area contributed by atoms with Crippen LogP contribution in [0.3, 0.4) is 0 Å². The molecule has 4 heteroatoms. The molecule has 2 fully saturated rings. The first-order chi connectivity index (χ1) is 9.15. The van der Waals surface area contributed by atoms with Crippen molar-refractivity contribution >= 4 is 5.91 Å². The second-order valence-corrected chi connectivity index (χ2v) is 5.76. The molecular weight excluding hydrogens is 238 g/mol. The second kappa shape index (κ2) is 8.54. The summed E-state index contributed by atoms with van der Waals surface area (Å²) in [4.78, 5) is 16.0. The van der Waals surface area contributed by atoms with Crippen LogP contribution in [0.4, 0.5) is 0 Å². The smallest absolute Gasteiger partial charge is 0.234 e. The molecular formula is C15H31N3O. The molecule has 19 heavy (non-hydrogen) atoms. The maximum absolute atomic E-state index is 11.4. The van der Waals surface area contributed by atoms with E-state index in [2.05, 4.69) is 29.2 Å². The standard InChI is InChI=1S/C13H25N3O.C2H6/c1-15(2)9-11-3-5-12(6-4-11)16-8-7-14-13(17)10-16;1-2/h11-12H,3-10H2,1-2H3,(H,14,17);1-2H3. The maximum Gasteiger partial charge on any atom is 0.234 e. The van der Waals surface area contributed by atoms with Gasteiger partial charge in [-0.15, -0.1) is 0 Å². The van der Waals surface area contributed by atoms with Gasteiger partial charge in [-0.2, -0.15) is 0 Å². The van der Waals surface area contributed by atoms with Crippen LogP contribution in [0.1, 0.15) is 39.5 Å². The highest BCUT2D eigenvalue weighted by Gasteiger charge is 2.28. The van der Waals surface area contributed by atoms with E-state index in [1.54, 1.807) is 0 Å². The first kappa shape index (κ1) is 16.4. The number of nitrogens with one attached hydrogen (secondary N) is 1. The fourth-order valence-corrected chi connectivity index (χ4v) is 3.18. The number of hydrogen-bond acceptors (Lipinski definition) is 3. The SMILES string of the molecule is CC.CN(C)CC1CCC(N2CCNC(=O)C2)CC1. The zero-order valence-electron chi connectivity index (χ0n) is 13.1. The van der Waals surface area contributed by atoms with Gasteiger partial charge in [-0.25, -0.2) is 0 Å². The van der Waals surface area contributed by atoms with Gasteiger partial charge in [0.2, 0.25) is 5.91 Å². The number of nitrogens with zero attached hydrogens (tertiary/aromatic N) is 2. The van der Waals surface area contributed by atoms with E-state index in [9.17, 15) is 4.79 Å². The Balaban J connectivity index is 0.000000861. The van der Waals surface area contributed by atoms with Crippen molar-refractivity contribution in [3.8, 4) is 0 Å². The van der Waals surface area contributed by atoms with Gasteiger partial charge >= 0.3 is 0 Å². The highest BCUT2D eigenvalue weighted by molar-refractivity contribution is 5.78. The maximum atomic E-state index is 11.4. The van der Waals surface area contributed by atoms with Crippen LogP contribution in [0.15, 0.2) is 0 Å². The van der Waals surface area contributed by atoms with Crippen molar-refractivity contribution in [2.24, 2.45) is 5.92 Å². The third-order valence-corrected chi connectivity index (χ3v) is 4.02. The summed E-state index contributed by atoms with van der Waals surface area (Å²) in [5, 5.41) is 2.90. The number of carbonyl (C=O) groups is 1. The van der Waals surface area contributed by atoms with Crippen LogP contribution >= 0.6 is 0 Å². The van der Waals surface area contributed by atoms with Gasteiger partial charge in [-0.1, -0.05) is 13.8 Å². The lowest BCUT2D eigenvalue weighted by Gasteiger charge is -2.39. The van der Waals surface area contributed by atoms with Crippen molar-refractivity contribution in [3.05, 3.63) is 0 Å². The minimum absolute atomic E-state index is 0.201. The van der Waals surface area contributed by atoms with Gasteiger partial charge in [-0.05, 0) is 45.7 Å². The summed E-state index contributed by atoms with van der Waals surface area (Å²) >= 11 is 0. The van der Waals surface area contributed by atoms with E-state index in [-0.39, 0.29) is 5.91 Å². The molecule has 1 N–H and O–H groups in total. The first-order valence-electron chi connectivity index (χ1n) is 7.80. The largest absolute Gasteiger partial charge is 0.354 e. The molecule has 1 saturated carbocycles. The Morgan fingerprint density at radius 2 is 1.84 bits per heavy atom. The minimum Gasteiger partial charge on any atom is -0.354 e. The average Bonchev–Trinajstić information content (AvgIpc) is 2.41. The van der Waals surface area contributed by atoms with Crippen LogP contribution in [-0.2, 0) is 4.79 Å². The molecule has 0 spiro atoms. The van der Waals surface area contributed by atoms with E-state index in [0.717, 1.165) is 19.0 Å². The lowest BCUT2D eigenvalue weighted by Crippen LogP contribution is -2.52. The Morgan fingerprint density at radius 3 is 2.37 bits per heavy atom. The van der Waals surface area contributed by atoms with E-state index in [1.165, 1.54) is 32.2 Å². The van der Waals surface area contributed by atoms with Gasteiger partial charge < -0.3 is 10.2 Å². The summed E-state index contributed by atoms with van der Waals surface area (Å²) in [5.41, 5.74) is 0. The van der Waals surface area contributed by atoms with Gasteiger partial charge in [0.1, 0.15) is 0 Å². The molecule has 0 aromatic heterocycles. The number of rotatable bonds is 3. The predicted octanol–water partition coefficient (Wildman–Crippen LogP) is 1.56. The minimum atomic E-state index is 0.201. The molecule has 2 aliphatic rings. The van der Waals surface area contributed by atoms with E-state index in [0.29, 0.717) is 12.6 Å². The Labute approximate surface area is 118 Å². The lowest BCUT2D eigenvalue weighted by molar-refractivity contribution is -0.125. The molecule has 0 aromatic rings. The van der Waals surface area contributed by atoms with Gasteiger partial charge in [0, 0.05) is 25.7 Å². The van der Waals surface area contributed by atoms with Crippen LogP contribution in [0.5, 0.6) is 0 Å². The zero-order chi connectivity index (χ0) is 14.3. The molecule has 0 radical (unpaired) electrons. The van der Waals surface area contributed by atoms with Crippen molar-refractivity contribution in [2.75, 3.05) is 40.3 Å². The van der Waals surface area contributed by atoms with Crippen LogP contribution in [0.2, 0.25) is 0 Å². The van der Waals surface area contributed by atoms with Gasteiger partial charge in [0.05, 0.1) is 6.54 Å². The molecule has 0 aromatic carbocycles. The molecule has 1 aliphatic carbocycles. The number of amides is 1. The van der Waals surface area contributed by atoms with Crippen molar-refractivity contribution in [2.45, 2.75) is 45.6 Å². The number of hydrogen-bond donors (Lipinski definition) is 1. The molecule has 1 heterocycles. The average molecular weight is 269 g/mol. The second-order valence-electron chi connectivity index (χ2n) is 5.76. The molecule has 112 valence electrons. The summed E-state index contributed by atoms with van der Waals surface area (Å²) in [6.07, 6.45) is 5.18. The van der Waals surface area contributed by atoms with Crippen molar-refractivity contribution in [1.29, 1.82) is 0 Å². The summed E-state index contributed by atoms with van der Waals surface area (Å²) < 4.78 is 0. The summed E-state index contributed by atoms with van der Waals surface area (Å²) in [6.45, 7) is 7.70. The van der Waals surface area contributed by atoms with Gasteiger partial charge in [-0.3, -0.25) is 9.69 Å². The third kappa shape index (κ3) is 5.49. The number of piperazine rings is 1. The van der Waals surface area contributed by atoms with Crippen LogP contribution < -0.4 is 5.32 Å². The lowest BCUT2D eigenvalue weighted by atomic mass is 9.85. The van der Waals surface area contributed by atoms with Gasteiger partial charge in [0.25, 0.3) is 0 Å². The summed E-state index contributed by atoms with van der Waals surface area (Å²) in [6, 6.07) is 0.652. The fraction of sp³-hybridized carbons (Fsp3) is 0.933. The van der Waals surface area contributed by atoms with E-state index in [1.807, 2.05) is 13.8 Å². The van der Waals surface area contributed by atoms with Crippen molar-refractivity contribution in [1.82, 2.24) is 15.1 Å². The summed E-state index contributed by atoms with van der Waals surface area (Å²) in [7, 11) is 4.31. The monoisotopic (exact) mass is 269 g/mol. The Morgan fingerprint density at radius 1 is 1.21 bits per heavy atom. The van der Waals surface area contributed by atoms with Crippen molar-refractivity contribution in [3.63, 3.8) is 0 Å². The van der Waals surface area contributed by atoms with Crippen LogP contribution in [0.25, 0.3) is 0 Å². The first-order valence-corrected chi connectivity index (χ1v) is 7.80. The summed E-state index contributed by atoms with van der Waals surface area (Å²) in [5.74, 6) is 1.06. The van der Waals surface area contributed by atoms with Crippen LogP contribution in [0, 0.1) is 5.92 Å². The molecule has 0 atom stereocenters. The molecule has 1 amide bonds. The fourth-order valence-electron chi connectivity index (χ4n) is 3.18. The highest BCUT2D eigenvalue weighted by atomic mass is 16.2. The predicted molar refractivity (Wildman–Crippen MR) is 80.2 cm³/mol. The Kier molecular flexibility index (Phi) is 7.39. The normalized spacial score (nSPS) is 28.6. The quantitative estimate of drug-likeness (QED) is 0.844. The molecule has 0 bridgehead atoms. The van der Waals surface area contributed by atoms with Crippen molar-refractivity contribution < 1.29 is 4.79 Å².